The van der Waals surface area contributed by atoms with Crippen LogP contribution in [0.5, 0.6) is 0 Å². The van der Waals surface area contributed by atoms with Gasteiger partial charge in [0.25, 0.3) is 0 Å². The van der Waals surface area contributed by atoms with Crippen molar-refractivity contribution in [3.05, 3.63) is 18.5 Å². The average Bonchev–Trinajstić information content (AvgIpc) is 2.92. The van der Waals surface area contributed by atoms with Crippen LogP contribution in [0.4, 0.5) is 0 Å². The maximum Gasteiger partial charge on any atom is 0.236 e. The number of nitrogens with one attached hydrogen (secondary N) is 2. The second kappa shape index (κ2) is 9.55. The molecule has 0 saturated carbocycles. The summed E-state index contributed by atoms with van der Waals surface area (Å²) in [5.74, 6) is 0.0928. The molecule has 1 heterocycles. The molecule has 5 heteroatoms. The van der Waals surface area contributed by atoms with E-state index in [1.54, 1.807) is 6.20 Å². The molecule has 0 aliphatic rings. The van der Waals surface area contributed by atoms with E-state index >= 15 is 0 Å². The number of carbonyl (C=O) groups excluding carboxylic acids is 1. The molecule has 1 aromatic rings. The van der Waals surface area contributed by atoms with Gasteiger partial charge in [-0.25, -0.2) is 0 Å². The third kappa shape index (κ3) is 6.96. The fourth-order valence-corrected chi connectivity index (χ4v) is 1.82. The Morgan fingerprint density at radius 1 is 1.32 bits per heavy atom. The van der Waals surface area contributed by atoms with Crippen molar-refractivity contribution < 1.29 is 4.79 Å². The fraction of sp³-hybridized carbons (Fsp3) is 0.714. The van der Waals surface area contributed by atoms with Gasteiger partial charge in [0.2, 0.25) is 5.91 Å². The van der Waals surface area contributed by atoms with Crippen molar-refractivity contribution in [1.29, 1.82) is 0 Å². The zero-order valence-corrected chi connectivity index (χ0v) is 12.1. The lowest BCUT2D eigenvalue weighted by Gasteiger charge is -2.14. The number of hydrogen-bond acceptors (Lipinski definition) is 3. The predicted molar refractivity (Wildman–Crippen MR) is 76.8 cm³/mol. The van der Waals surface area contributed by atoms with Gasteiger partial charge in [0, 0.05) is 25.5 Å². The van der Waals surface area contributed by atoms with Crippen molar-refractivity contribution in [3.8, 4) is 0 Å². The third-order valence-electron chi connectivity index (χ3n) is 3.05. The minimum absolute atomic E-state index is 0.0928. The van der Waals surface area contributed by atoms with Crippen LogP contribution >= 0.6 is 0 Å². The monoisotopic (exact) mass is 266 g/mol. The average molecular weight is 266 g/mol. The molecule has 0 spiro atoms. The zero-order valence-electron chi connectivity index (χ0n) is 12.1. The highest BCUT2D eigenvalue weighted by atomic mass is 16.2. The van der Waals surface area contributed by atoms with Gasteiger partial charge in [0.05, 0.1) is 6.04 Å². The number of aryl methyl sites for hydroxylation is 1. The highest BCUT2D eigenvalue weighted by Crippen LogP contribution is 1.92. The topological polar surface area (TPSA) is 59.0 Å². The molecule has 0 aliphatic carbocycles. The van der Waals surface area contributed by atoms with Crippen LogP contribution in [0.1, 0.15) is 39.5 Å². The van der Waals surface area contributed by atoms with Gasteiger partial charge in [0.1, 0.15) is 0 Å². The number of hydrogen-bond donors (Lipinski definition) is 2. The number of rotatable bonds is 10. The highest BCUT2D eigenvalue weighted by molar-refractivity contribution is 5.81. The van der Waals surface area contributed by atoms with E-state index in [1.807, 2.05) is 23.9 Å². The summed E-state index contributed by atoms with van der Waals surface area (Å²) in [5.41, 5.74) is 0. The Hall–Kier alpha value is -1.36. The van der Waals surface area contributed by atoms with E-state index in [-0.39, 0.29) is 11.9 Å². The Morgan fingerprint density at radius 2 is 2.16 bits per heavy atom. The Kier molecular flexibility index (Phi) is 7.89. The third-order valence-corrected chi connectivity index (χ3v) is 3.05. The summed E-state index contributed by atoms with van der Waals surface area (Å²) in [4.78, 5) is 11.7. The molecule has 1 aromatic heterocycles. The highest BCUT2D eigenvalue weighted by Gasteiger charge is 2.10. The van der Waals surface area contributed by atoms with Gasteiger partial charge in [-0.15, -0.1) is 0 Å². The van der Waals surface area contributed by atoms with Crippen molar-refractivity contribution in [2.75, 3.05) is 13.1 Å². The first-order valence-electron chi connectivity index (χ1n) is 7.22. The molecule has 2 N–H and O–H groups in total. The van der Waals surface area contributed by atoms with E-state index in [9.17, 15) is 4.79 Å². The Morgan fingerprint density at radius 3 is 2.84 bits per heavy atom. The quantitative estimate of drug-likeness (QED) is 0.632. The van der Waals surface area contributed by atoms with Crippen LogP contribution in [0.3, 0.4) is 0 Å². The van der Waals surface area contributed by atoms with E-state index in [0.717, 1.165) is 32.5 Å². The number of amides is 1. The van der Waals surface area contributed by atoms with Crippen molar-refractivity contribution in [2.45, 2.75) is 52.1 Å². The van der Waals surface area contributed by atoms with Crippen LogP contribution < -0.4 is 10.6 Å². The smallest absolute Gasteiger partial charge is 0.236 e. The lowest BCUT2D eigenvalue weighted by molar-refractivity contribution is -0.122. The standard InChI is InChI=1S/C14H26N4O/c1-3-4-5-8-16-14(19)13(2)15-9-6-11-18-12-7-10-17-18/h7,10,12-13,15H,3-6,8-9,11H2,1-2H3,(H,16,19). The summed E-state index contributed by atoms with van der Waals surface area (Å²) in [6.45, 7) is 6.55. The second-order valence-corrected chi connectivity index (χ2v) is 4.80. The summed E-state index contributed by atoms with van der Waals surface area (Å²) in [5, 5.41) is 10.3. The van der Waals surface area contributed by atoms with Crippen molar-refractivity contribution >= 4 is 5.91 Å². The molecule has 1 rings (SSSR count). The molecule has 1 amide bonds. The van der Waals surface area contributed by atoms with Crippen molar-refractivity contribution in [2.24, 2.45) is 0 Å². The normalized spacial score (nSPS) is 12.3. The SMILES string of the molecule is CCCCCNC(=O)C(C)NCCCn1cccn1. The van der Waals surface area contributed by atoms with E-state index in [1.165, 1.54) is 12.8 Å². The summed E-state index contributed by atoms with van der Waals surface area (Å²) >= 11 is 0. The van der Waals surface area contributed by atoms with Gasteiger partial charge in [-0.3, -0.25) is 9.48 Å². The maximum absolute atomic E-state index is 11.7. The molecule has 0 radical (unpaired) electrons. The number of nitrogens with zero attached hydrogens (tertiary/aromatic N) is 2. The molecular weight excluding hydrogens is 240 g/mol. The summed E-state index contributed by atoms with van der Waals surface area (Å²) < 4.78 is 1.90. The molecule has 5 nitrogen and oxygen atoms in total. The minimum Gasteiger partial charge on any atom is -0.355 e. The summed E-state index contributed by atoms with van der Waals surface area (Å²) in [7, 11) is 0. The van der Waals surface area contributed by atoms with Crippen LogP contribution in [0.15, 0.2) is 18.5 Å². The zero-order chi connectivity index (χ0) is 13.9. The maximum atomic E-state index is 11.7. The Bertz CT molecular complexity index is 337. The molecule has 0 saturated heterocycles. The van der Waals surface area contributed by atoms with Crippen molar-refractivity contribution in [3.63, 3.8) is 0 Å². The molecular formula is C14H26N4O. The number of carbonyl (C=O) groups is 1. The van der Waals surface area contributed by atoms with E-state index in [0.29, 0.717) is 0 Å². The largest absolute Gasteiger partial charge is 0.355 e. The number of aromatic nitrogens is 2. The van der Waals surface area contributed by atoms with E-state index in [2.05, 4.69) is 22.7 Å². The predicted octanol–water partition coefficient (Wildman–Crippen LogP) is 1.56. The van der Waals surface area contributed by atoms with Crippen LogP contribution in [-0.2, 0) is 11.3 Å². The molecule has 19 heavy (non-hydrogen) atoms. The van der Waals surface area contributed by atoms with E-state index < -0.39 is 0 Å². The lowest BCUT2D eigenvalue weighted by Crippen LogP contribution is -2.42. The molecule has 0 aromatic carbocycles. The first kappa shape index (κ1) is 15.7. The molecule has 0 fully saturated rings. The lowest BCUT2D eigenvalue weighted by atomic mass is 10.2. The van der Waals surface area contributed by atoms with Crippen LogP contribution in [-0.4, -0.2) is 34.8 Å². The van der Waals surface area contributed by atoms with Crippen LogP contribution in [0.25, 0.3) is 0 Å². The van der Waals surface area contributed by atoms with Gasteiger partial charge in [0.15, 0.2) is 0 Å². The van der Waals surface area contributed by atoms with E-state index in [4.69, 9.17) is 0 Å². The van der Waals surface area contributed by atoms with Gasteiger partial charge < -0.3 is 10.6 Å². The van der Waals surface area contributed by atoms with Crippen LogP contribution in [0, 0.1) is 0 Å². The molecule has 108 valence electrons. The van der Waals surface area contributed by atoms with Gasteiger partial charge in [-0.05, 0) is 32.4 Å². The molecule has 1 atom stereocenters. The Balaban J connectivity index is 2.02. The second-order valence-electron chi connectivity index (χ2n) is 4.80. The molecule has 0 bridgehead atoms. The summed E-state index contributed by atoms with van der Waals surface area (Å²) in [6, 6.07) is 1.79. The first-order chi connectivity index (χ1) is 9.24. The van der Waals surface area contributed by atoms with Gasteiger partial charge in [-0.2, -0.15) is 5.10 Å². The molecule has 0 aliphatic heterocycles. The minimum atomic E-state index is -0.126. The van der Waals surface area contributed by atoms with Crippen LogP contribution in [0.2, 0.25) is 0 Å². The fourth-order valence-electron chi connectivity index (χ4n) is 1.82. The van der Waals surface area contributed by atoms with Crippen molar-refractivity contribution in [1.82, 2.24) is 20.4 Å². The summed E-state index contributed by atoms with van der Waals surface area (Å²) in [6.07, 6.45) is 8.11. The van der Waals surface area contributed by atoms with Gasteiger partial charge >= 0.3 is 0 Å². The van der Waals surface area contributed by atoms with Gasteiger partial charge in [-0.1, -0.05) is 19.8 Å². The number of unbranched alkanes of at least 4 members (excludes halogenated alkanes) is 2. The Labute approximate surface area is 115 Å². The molecule has 1 unspecified atom stereocenters. The first-order valence-corrected chi connectivity index (χ1v) is 7.22.